The zero-order chi connectivity index (χ0) is 25.3. The van der Waals surface area contributed by atoms with Crippen molar-refractivity contribution < 1.29 is 27.1 Å². The molecule has 1 amide bonds. The Balaban J connectivity index is 1.70. The molecule has 0 aliphatic heterocycles. The van der Waals surface area contributed by atoms with E-state index in [1.165, 1.54) is 12.1 Å². The first-order valence-corrected chi connectivity index (χ1v) is 10.9. The van der Waals surface area contributed by atoms with Crippen LogP contribution in [0.2, 0.25) is 5.02 Å². The molecule has 4 rings (SSSR count). The third kappa shape index (κ3) is 5.17. The molecule has 0 aliphatic carbocycles. The van der Waals surface area contributed by atoms with Crippen molar-refractivity contribution in [3.63, 3.8) is 0 Å². The van der Waals surface area contributed by atoms with Gasteiger partial charge in [0.25, 0.3) is 5.91 Å². The summed E-state index contributed by atoms with van der Waals surface area (Å²) in [4.78, 5) is 25.8. The van der Waals surface area contributed by atoms with Crippen LogP contribution in [-0.4, -0.2) is 12.5 Å². The summed E-state index contributed by atoms with van der Waals surface area (Å²) in [6.07, 6.45) is -4.65. The van der Waals surface area contributed by atoms with Crippen LogP contribution in [0.3, 0.4) is 0 Å². The average molecular weight is 502 g/mol. The van der Waals surface area contributed by atoms with Gasteiger partial charge in [0, 0.05) is 10.6 Å². The van der Waals surface area contributed by atoms with E-state index >= 15 is 0 Å². The number of fused-ring (bicyclic) bond motifs is 1. The van der Waals surface area contributed by atoms with Gasteiger partial charge in [-0.25, -0.2) is 0 Å². The number of ether oxygens (including phenoxy) is 1. The van der Waals surface area contributed by atoms with Gasteiger partial charge in [-0.05, 0) is 73.5 Å². The van der Waals surface area contributed by atoms with Gasteiger partial charge in [0.05, 0.1) is 16.6 Å². The van der Waals surface area contributed by atoms with Crippen LogP contribution in [0.5, 0.6) is 5.75 Å². The summed E-state index contributed by atoms with van der Waals surface area (Å²) in [7, 11) is 0. The predicted octanol–water partition coefficient (Wildman–Crippen LogP) is 6.77. The van der Waals surface area contributed by atoms with E-state index in [9.17, 15) is 22.8 Å². The first-order chi connectivity index (χ1) is 16.5. The van der Waals surface area contributed by atoms with Crippen LogP contribution < -0.4 is 15.5 Å². The number of alkyl halides is 3. The van der Waals surface area contributed by atoms with Crippen molar-refractivity contribution >= 4 is 34.2 Å². The molecule has 1 aromatic heterocycles. The number of hydrogen-bond donors (Lipinski definition) is 1. The molecule has 0 bridgehead atoms. The zero-order valence-electron chi connectivity index (χ0n) is 18.6. The number of anilines is 1. The van der Waals surface area contributed by atoms with Gasteiger partial charge >= 0.3 is 6.18 Å². The van der Waals surface area contributed by atoms with Crippen LogP contribution in [0, 0.1) is 13.8 Å². The molecule has 0 spiro atoms. The topological polar surface area (TPSA) is 68.5 Å². The van der Waals surface area contributed by atoms with E-state index in [1.807, 2.05) is 13.8 Å². The molecule has 3 aromatic carbocycles. The first kappa shape index (κ1) is 24.3. The fourth-order valence-electron chi connectivity index (χ4n) is 3.52. The molecular weight excluding hydrogens is 483 g/mol. The van der Waals surface area contributed by atoms with Crippen LogP contribution in [0.25, 0.3) is 22.3 Å². The van der Waals surface area contributed by atoms with Crippen LogP contribution in [0.4, 0.5) is 18.9 Å². The fraction of sp³-hybridized carbons (Fsp3) is 0.154. The molecule has 0 atom stereocenters. The summed E-state index contributed by atoms with van der Waals surface area (Å²) < 4.78 is 51.3. The normalized spacial score (nSPS) is 11.5. The van der Waals surface area contributed by atoms with Crippen molar-refractivity contribution in [3.05, 3.63) is 92.6 Å². The van der Waals surface area contributed by atoms with E-state index in [-0.39, 0.29) is 16.9 Å². The van der Waals surface area contributed by atoms with Gasteiger partial charge < -0.3 is 14.5 Å². The Kier molecular flexibility index (Phi) is 6.58. The summed E-state index contributed by atoms with van der Waals surface area (Å²) in [5, 5.41) is 2.91. The third-order valence-corrected chi connectivity index (χ3v) is 5.68. The third-order valence-electron chi connectivity index (χ3n) is 5.43. The maximum atomic E-state index is 13.3. The maximum Gasteiger partial charge on any atom is 0.418 e. The Hall–Kier alpha value is -3.78. The summed E-state index contributed by atoms with van der Waals surface area (Å²) >= 11 is 5.97. The quantitative estimate of drug-likeness (QED) is 0.328. The Morgan fingerprint density at radius 2 is 1.69 bits per heavy atom. The zero-order valence-corrected chi connectivity index (χ0v) is 19.4. The number of carbonyl (C=O) groups excluding carboxylic acids is 1. The Labute approximate surface area is 203 Å². The minimum Gasteiger partial charge on any atom is -0.476 e. The summed E-state index contributed by atoms with van der Waals surface area (Å²) in [5.74, 6) is -1.03. The van der Waals surface area contributed by atoms with E-state index < -0.39 is 35.4 Å². The highest BCUT2D eigenvalue weighted by Crippen LogP contribution is 2.35. The second-order valence-corrected chi connectivity index (χ2v) is 8.35. The van der Waals surface area contributed by atoms with Crippen molar-refractivity contribution in [2.24, 2.45) is 0 Å². The van der Waals surface area contributed by atoms with Crippen molar-refractivity contribution in [1.29, 1.82) is 0 Å². The second-order valence-electron chi connectivity index (χ2n) is 7.91. The maximum absolute atomic E-state index is 13.3. The summed E-state index contributed by atoms with van der Waals surface area (Å²) in [6.45, 7) is 3.01. The highest BCUT2D eigenvalue weighted by molar-refractivity contribution is 6.30. The van der Waals surface area contributed by atoms with E-state index in [1.54, 1.807) is 36.4 Å². The second kappa shape index (κ2) is 9.46. The molecule has 0 unspecified atom stereocenters. The number of nitrogens with one attached hydrogen (secondary N) is 1. The van der Waals surface area contributed by atoms with E-state index in [0.29, 0.717) is 16.2 Å². The predicted molar refractivity (Wildman–Crippen MR) is 128 cm³/mol. The Bertz CT molecular complexity index is 1480. The molecule has 180 valence electrons. The molecule has 0 radical (unpaired) electrons. The lowest BCUT2D eigenvalue weighted by atomic mass is 10.0. The van der Waals surface area contributed by atoms with Gasteiger partial charge in [-0.15, -0.1) is 0 Å². The lowest BCUT2D eigenvalue weighted by molar-refractivity contribution is -0.137. The highest BCUT2D eigenvalue weighted by Gasteiger charge is 2.33. The van der Waals surface area contributed by atoms with Crippen LogP contribution in [0.1, 0.15) is 16.7 Å². The molecule has 1 N–H and O–H groups in total. The van der Waals surface area contributed by atoms with Crippen molar-refractivity contribution in [2.75, 3.05) is 11.9 Å². The minimum absolute atomic E-state index is 0.0749. The van der Waals surface area contributed by atoms with Gasteiger partial charge in [-0.3, -0.25) is 9.59 Å². The Morgan fingerprint density at radius 3 is 2.37 bits per heavy atom. The number of carbonyl (C=O) groups is 1. The van der Waals surface area contributed by atoms with Gasteiger partial charge in [-0.2, -0.15) is 13.2 Å². The van der Waals surface area contributed by atoms with Crippen LogP contribution in [-0.2, 0) is 11.0 Å². The van der Waals surface area contributed by atoms with Gasteiger partial charge in [-0.1, -0.05) is 23.7 Å². The number of rotatable bonds is 5. The minimum atomic E-state index is -4.65. The lowest BCUT2D eigenvalue weighted by Gasteiger charge is -2.15. The van der Waals surface area contributed by atoms with E-state index in [0.717, 1.165) is 23.3 Å². The molecule has 4 aromatic rings. The standard InChI is InChI=1S/C26H19ClF3NO4/c1-14-11-18-21(12-15(14)2)35-24(16-7-9-17(27)10-8-16)25(23(18)33)34-13-22(32)31-20-6-4-3-5-19(20)26(28,29)30/h3-12H,13H2,1-2H3,(H,31,32). The first-order valence-electron chi connectivity index (χ1n) is 10.5. The van der Waals surface area contributed by atoms with Gasteiger partial charge in [0.1, 0.15) is 5.58 Å². The monoisotopic (exact) mass is 501 g/mol. The van der Waals surface area contributed by atoms with E-state index in [2.05, 4.69) is 5.32 Å². The van der Waals surface area contributed by atoms with Gasteiger partial charge in [0.15, 0.2) is 12.4 Å². The molecule has 0 saturated heterocycles. The largest absolute Gasteiger partial charge is 0.476 e. The SMILES string of the molecule is Cc1cc2oc(-c3ccc(Cl)cc3)c(OCC(=O)Nc3ccccc3C(F)(F)F)c(=O)c2cc1C. The van der Waals surface area contributed by atoms with Crippen LogP contribution >= 0.6 is 11.6 Å². The number of amides is 1. The number of hydrogen-bond acceptors (Lipinski definition) is 4. The van der Waals surface area contributed by atoms with E-state index in [4.69, 9.17) is 20.8 Å². The summed E-state index contributed by atoms with van der Waals surface area (Å²) in [5.41, 5.74) is 0.663. The highest BCUT2D eigenvalue weighted by atomic mass is 35.5. The number of para-hydroxylation sites is 1. The lowest BCUT2D eigenvalue weighted by Crippen LogP contribution is -2.24. The molecule has 0 aliphatic rings. The molecule has 9 heteroatoms. The van der Waals surface area contributed by atoms with Gasteiger partial charge in [0.2, 0.25) is 11.2 Å². The molecule has 35 heavy (non-hydrogen) atoms. The number of aryl methyl sites for hydroxylation is 2. The van der Waals surface area contributed by atoms with Crippen molar-refractivity contribution in [1.82, 2.24) is 0 Å². The smallest absolute Gasteiger partial charge is 0.418 e. The molecule has 5 nitrogen and oxygen atoms in total. The fourth-order valence-corrected chi connectivity index (χ4v) is 3.64. The molecule has 0 saturated carbocycles. The molecular formula is C26H19ClF3NO4. The Morgan fingerprint density at radius 1 is 1.03 bits per heavy atom. The molecule has 0 fully saturated rings. The van der Waals surface area contributed by atoms with Crippen molar-refractivity contribution in [3.8, 4) is 17.1 Å². The number of halogens is 4. The summed E-state index contributed by atoms with van der Waals surface area (Å²) in [6, 6.07) is 14.4. The van der Waals surface area contributed by atoms with Crippen molar-refractivity contribution in [2.45, 2.75) is 20.0 Å². The number of benzene rings is 3. The molecule has 1 heterocycles. The van der Waals surface area contributed by atoms with Crippen LogP contribution in [0.15, 0.2) is 69.9 Å². The average Bonchev–Trinajstić information content (AvgIpc) is 2.80.